The molecule has 1 aromatic carbocycles. The van der Waals surface area contributed by atoms with Gasteiger partial charge in [0, 0.05) is 17.8 Å². The normalized spacial score (nSPS) is 16.7. The second-order valence-corrected chi connectivity index (χ2v) is 9.31. The molecule has 0 fully saturated rings. The molecule has 3 aromatic heterocycles. The van der Waals surface area contributed by atoms with Gasteiger partial charge in [-0.05, 0) is 35.7 Å². The molecule has 5 rings (SSSR count). The monoisotopic (exact) mass is 426 g/mol. The molecule has 29 heavy (non-hydrogen) atoms. The van der Waals surface area contributed by atoms with Crippen molar-refractivity contribution in [1.82, 2.24) is 19.2 Å². The van der Waals surface area contributed by atoms with Crippen molar-refractivity contribution in [2.75, 3.05) is 0 Å². The number of aryl methyl sites for hydroxylation is 2. The fourth-order valence-corrected chi connectivity index (χ4v) is 5.57. The van der Waals surface area contributed by atoms with Gasteiger partial charge in [-0.1, -0.05) is 44.2 Å². The Kier molecular flexibility index (Phi) is 4.64. The van der Waals surface area contributed by atoms with E-state index in [0.29, 0.717) is 29.6 Å². The van der Waals surface area contributed by atoms with Gasteiger partial charge in [-0.3, -0.25) is 9.36 Å². The number of thiophene rings is 1. The first kappa shape index (κ1) is 18.7. The maximum absolute atomic E-state index is 13.6. The molecule has 0 bridgehead atoms. The minimum atomic E-state index is 0.0133. The Morgan fingerprint density at radius 2 is 2.14 bits per heavy atom. The van der Waals surface area contributed by atoms with Crippen molar-refractivity contribution in [3.63, 3.8) is 0 Å². The molecule has 0 saturated carbocycles. The van der Waals surface area contributed by atoms with Crippen molar-refractivity contribution in [2.24, 2.45) is 5.92 Å². The third-order valence-electron chi connectivity index (χ3n) is 5.67. The van der Waals surface area contributed by atoms with Gasteiger partial charge in [-0.15, -0.1) is 16.4 Å². The third kappa shape index (κ3) is 3.06. The number of hydrogen-bond acceptors (Lipinski definition) is 5. The van der Waals surface area contributed by atoms with Crippen LogP contribution in [0.2, 0.25) is 0 Å². The number of benzene rings is 1. The molecule has 0 amide bonds. The number of nitrogens with one attached hydrogen (secondary N) is 1. The highest BCUT2D eigenvalue weighted by Gasteiger charge is 2.29. The van der Waals surface area contributed by atoms with Gasteiger partial charge in [0.05, 0.1) is 18.1 Å². The summed E-state index contributed by atoms with van der Waals surface area (Å²) in [5.74, 6) is 0.974. The van der Waals surface area contributed by atoms with Crippen LogP contribution in [0.4, 0.5) is 0 Å². The summed E-state index contributed by atoms with van der Waals surface area (Å²) in [5, 5.41) is 8.02. The first-order valence-corrected chi connectivity index (χ1v) is 11.1. The second-order valence-electron chi connectivity index (χ2n) is 7.84. The second kappa shape index (κ2) is 7.19. The maximum atomic E-state index is 13.6. The highest BCUT2D eigenvalue weighted by Crippen LogP contribution is 2.36. The van der Waals surface area contributed by atoms with Crippen LogP contribution in [-0.2, 0) is 30.7 Å². The fourth-order valence-electron chi connectivity index (χ4n) is 4.04. The number of ether oxygens (including phenoxy) is 1. The molecular formula is C21H22N4O2S2. The molecule has 150 valence electrons. The zero-order valence-electron chi connectivity index (χ0n) is 16.3. The highest BCUT2D eigenvalue weighted by atomic mass is 32.1. The Morgan fingerprint density at radius 1 is 1.34 bits per heavy atom. The summed E-state index contributed by atoms with van der Waals surface area (Å²) in [6.07, 6.45) is 1.65. The molecule has 1 aliphatic heterocycles. The van der Waals surface area contributed by atoms with Crippen LogP contribution in [0.3, 0.4) is 0 Å². The van der Waals surface area contributed by atoms with E-state index in [1.165, 1.54) is 5.56 Å². The number of aromatic amines is 1. The SMILES string of the molecule is CC(C)[C@H]1Cc2c(sc3c2c(=O)n(CCc2ccccc2)c2n[nH]c(=S)n32)CO1. The summed E-state index contributed by atoms with van der Waals surface area (Å²) >= 11 is 7.10. The van der Waals surface area contributed by atoms with Crippen LogP contribution in [0.5, 0.6) is 0 Å². The molecule has 0 unspecified atom stereocenters. The van der Waals surface area contributed by atoms with Gasteiger partial charge in [0.15, 0.2) is 0 Å². The van der Waals surface area contributed by atoms with E-state index in [1.807, 2.05) is 22.6 Å². The molecule has 0 saturated heterocycles. The van der Waals surface area contributed by atoms with E-state index >= 15 is 0 Å². The van der Waals surface area contributed by atoms with Crippen LogP contribution in [-0.4, -0.2) is 25.3 Å². The van der Waals surface area contributed by atoms with E-state index in [4.69, 9.17) is 17.0 Å². The van der Waals surface area contributed by atoms with E-state index in [0.717, 1.165) is 33.5 Å². The van der Waals surface area contributed by atoms with E-state index in [2.05, 4.69) is 36.2 Å². The third-order valence-corrected chi connectivity index (χ3v) is 7.14. The standard InChI is InChI=1S/C21H22N4O2S2/c1-12(2)15-10-14-16(11-27-15)29-19-17(14)18(26)24(20-22-23-21(28)25(19)20)9-8-13-6-4-3-5-7-13/h3-7,12,15H,8-11H2,1-2H3,(H,23,28)/t15-/m1/s1. The molecule has 0 spiro atoms. The van der Waals surface area contributed by atoms with Gasteiger partial charge in [0.2, 0.25) is 10.5 Å². The lowest BCUT2D eigenvalue weighted by Gasteiger charge is -2.26. The Bertz CT molecular complexity index is 1310. The number of H-pyrrole nitrogens is 1. The predicted molar refractivity (Wildman–Crippen MR) is 117 cm³/mol. The zero-order chi connectivity index (χ0) is 20.1. The molecule has 4 aromatic rings. The van der Waals surface area contributed by atoms with E-state index in [9.17, 15) is 4.79 Å². The molecule has 0 aliphatic carbocycles. The van der Waals surface area contributed by atoms with Gasteiger partial charge in [0.25, 0.3) is 5.56 Å². The number of nitrogens with zero attached hydrogens (tertiary/aromatic N) is 3. The van der Waals surface area contributed by atoms with Crippen LogP contribution in [0.15, 0.2) is 35.1 Å². The molecule has 1 atom stereocenters. The Hall–Kier alpha value is -2.29. The average molecular weight is 427 g/mol. The van der Waals surface area contributed by atoms with Crippen molar-refractivity contribution >= 4 is 39.5 Å². The van der Waals surface area contributed by atoms with Crippen LogP contribution in [0.1, 0.15) is 29.9 Å². The summed E-state index contributed by atoms with van der Waals surface area (Å²) in [6.45, 7) is 5.42. The summed E-state index contributed by atoms with van der Waals surface area (Å²) in [7, 11) is 0. The average Bonchev–Trinajstić information content (AvgIpc) is 3.28. The Balaban J connectivity index is 1.70. The molecule has 4 heterocycles. The largest absolute Gasteiger partial charge is 0.372 e. The van der Waals surface area contributed by atoms with Crippen molar-refractivity contribution in [1.29, 1.82) is 0 Å². The number of rotatable bonds is 4. The van der Waals surface area contributed by atoms with Gasteiger partial charge in [0.1, 0.15) is 4.83 Å². The lowest BCUT2D eigenvalue weighted by atomic mass is 9.96. The smallest absolute Gasteiger partial charge is 0.263 e. The maximum Gasteiger partial charge on any atom is 0.263 e. The molecular weight excluding hydrogens is 404 g/mol. The molecule has 1 N–H and O–H groups in total. The van der Waals surface area contributed by atoms with Crippen molar-refractivity contribution in [2.45, 2.75) is 45.9 Å². The summed E-state index contributed by atoms with van der Waals surface area (Å²) in [4.78, 5) is 15.6. The number of fused-ring (bicyclic) bond motifs is 5. The molecule has 1 aliphatic rings. The quantitative estimate of drug-likeness (QED) is 0.499. The van der Waals surface area contributed by atoms with Crippen LogP contribution in [0, 0.1) is 10.7 Å². The van der Waals surface area contributed by atoms with Crippen LogP contribution >= 0.6 is 23.6 Å². The van der Waals surface area contributed by atoms with E-state index in [-0.39, 0.29) is 11.7 Å². The lowest BCUT2D eigenvalue weighted by Crippen LogP contribution is -2.28. The number of hydrogen-bond donors (Lipinski definition) is 1. The summed E-state index contributed by atoms with van der Waals surface area (Å²) in [5.41, 5.74) is 2.32. The van der Waals surface area contributed by atoms with Gasteiger partial charge in [-0.25, -0.2) is 9.50 Å². The first-order chi connectivity index (χ1) is 14.0. The minimum Gasteiger partial charge on any atom is -0.372 e. The van der Waals surface area contributed by atoms with Crippen molar-refractivity contribution in [3.05, 3.63) is 61.5 Å². The van der Waals surface area contributed by atoms with Gasteiger partial charge >= 0.3 is 0 Å². The van der Waals surface area contributed by atoms with E-state index in [1.54, 1.807) is 15.9 Å². The van der Waals surface area contributed by atoms with Crippen LogP contribution in [0.25, 0.3) is 16.0 Å². The summed E-state index contributed by atoms with van der Waals surface area (Å²) in [6, 6.07) is 10.2. The zero-order valence-corrected chi connectivity index (χ0v) is 18.0. The lowest BCUT2D eigenvalue weighted by molar-refractivity contribution is 0.00200. The number of aromatic nitrogens is 4. The first-order valence-electron chi connectivity index (χ1n) is 9.84. The molecule has 6 nitrogen and oxygen atoms in total. The summed E-state index contributed by atoms with van der Waals surface area (Å²) < 4.78 is 10.2. The van der Waals surface area contributed by atoms with Crippen molar-refractivity contribution in [3.8, 4) is 0 Å². The van der Waals surface area contributed by atoms with Gasteiger partial charge < -0.3 is 4.74 Å². The fraction of sp³-hybridized carbons (Fsp3) is 0.381. The van der Waals surface area contributed by atoms with Gasteiger partial charge in [-0.2, -0.15) is 0 Å². The molecule has 8 heteroatoms. The van der Waals surface area contributed by atoms with Crippen molar-refractivity contribution < 1.29 is 4.74 Å². The minimum absolute atomic E-state index is 0.0133. The topological polar surface area (TPSA) is 64.3 Å². The van der Waals surface area contributed by atoms with E-state index < -0.39 is 0 Å². The Labute approximate surface area is 176 Å². The predicted octanol–water partition coefficient (Wildman–Crippen LogP) is 4.11. The highest BCUT2D eigenvalue weighted by molar-refractivity contribution is 7.71. The molecule has 0 radical (unpaired) electrons. The Morgan fingerprint density at radius 3 is 2.90 bits per heavy atom. The van der Waals surface area contributed by atoms with Crippen LogP contribution < -0.4 is 5.56 Å².